The van der Waals surface area contributed by atoms with Crippen LogP contribution in [0.3, 0.4) is 0 Å². The van der Waals surface area contributed by atoms with E-state index in [0.29, 0.717) is 18.0 Å². The number of thiazole rings is 1. The number of nitrogens with zero attached hydrogens (tertiary/aromatic N) is 2. The zero-order valence-corrected chi connectivity index (χ0v) is 15.0. The Kier molecular flexibility index (Phi) is 6.96. The minimum absolute atomic E-state index is 0.515. The molecule has 1 atom stereocenters. The molecule has 1 N–H and O–H groups in total. The van der Waals surface area contributed by atoms with Gasteiger partial charge in [0.1, 0.15) is 0 Å². The number of hydrogen-bond acceptors (Lipinski definition) is 4. The van der Waals surface area contributed by atoms with Gasteiger partial charge in [0.25, 0.3) is 0 Å². The molecule has 0 aromatic carbocycles. The molecule has 3 nitrogen and oxygen atoms in total. The van der Waals surface area contributed by atoms with Crippen molar-refractivity contribution in [3.05, 3.63) is 10.6 Å². The monoisotopic (exact) mass is 297 g/mol. The topological polar surface area (TPSA) is 28.2 Å². The van der Waals surface area contributed by atoms with Gasteiger partial charge in [0.2, 0.25) is 0 Å². The van der Waals surface area contributed by atoms with Crippen molar-refractivity contribution in [2.24, 2.45) is 5.92 Å². The van der Waals surface area contributed by atoms with Gasteiger partial charge >= 0.3 is 0 Å². The Labute approximate surface area is 128 Å². The smallest absolute Gasteiger partial charge is 0.185 e. The quantitative estimate of drug-likeness (QED) is 0.784. The predicted molar refractivity (Wildman–Crippen MR) is 90.8 cm³/mol. The van der Waals surface area contributed by atoms with Crippen LogP contribution in [-0.4, -0.2) is 24.1 Å². The highest BCUT2D eigenvalue weighted by molar-refractivity contribution is 7.15. The van der Waals surface area contributed by atoms with E-state index in [2.05, 4.69) is 58.8 Å². The third-order valence-electron chi connectivity index (χ3n) is 3.80. The second kappa shape index (κ2) is 7.99. The lowest BCUT2D eigenvalue weighted by molar-refractivity contribution is 0.505. The van der Waals surface area contributed by atoms with E-state index in [-0.39, 0.29) is 0 Å². The Hall–Kier alpha value is -0.610. The van der Waals surface area contributed by atoms with Gasteiger partial charge in [0, 0.05) is 30.6 Å². The van der Waals surface area contributed by atoms with Crippen LogP contribution in [0.1, 0.15) is 58.5 Å². The van der Waals surface area contributed by atoms with E-state index in [4.69, 9.17) is 4.98 Å². The van der Waals surface area contributed by atoms with Crippen LogP contribution in [0.2, 0.25) is 0 Å². The third kappa shape index (κ3) is 4.74. The molecule has 0 saturated carbocycles. The van der Waals surface area contributed by atoms with Gasteiger partial charge in [-0.25, -0.2) is 4.98 Å². The molecule has 0 aliphatic rings. The van der Waals surface area contributed by atoms with E-state index in [1.807, 2.05) is 11.3 Å². The van der Waals surface area contributed by atoms with Gasteiger partial charge in [-0.3, -0.25) is 0 Å². The summed E-state index contributed by atoms with van der Waals surface area (Å²) in [7, 11) is 2.17. The number of aryl methyl sites for hydroxylation is 1. The first-order valence-corrected chi connectivity index (χ1v) is 8.63. The molecule has 1 heterocycles. The number of nitrogens with one attached hydrogen (secondary N) is 1. The Morgan fingerprint density at radius 2 is 1.85 bits per heavy atom. The maximum absolute atomic E-state index is 4.89. The first-order chi connectivity index (χ1) is 9.36. The second-order valence-corrected chi connectivity index (χ2v) is 7.31. The fraction of sp³-hybridized carbons (Fsp3) is 0.812. The molecule has 0 bridgehead atoms. The summed E-state index contributed by atoms with van der Waals surface area (Å²) in [6.45, 7) is 14.3. The lowest BCUT2D eigenvalue weighted by atomic mass is 10.1. The standard InChI is InChI=1S/C16H31N3S/c1-8-9-14-15(10-17-12(4)5)20-16(18-14)19(7)13(6)11(2)3/h11-13,17H,8-10H2,1-7H3. The molecule has 1 aromatic rings. The summed E-state index contributed by atoms with van der Waals surface area (Å²) in [5, 5.41) is 4.68. The number of rotatable bonds is 8. The van der Waals surface area contributed by atoms with Crippen LogP contribution in [0.15, 0.2) is 0 Å². The SMILES string of the molecule is CCCc1nc(N(C)C(C)C(C)C)sc1CNC(C)C. The van der Waals surface area contributed by atoms with Gasteiger partial charge in [-0.2, -0.15) is 0 Å². The van der Waals surface area contributed by atoms with E-state index in [9.17, 15) is 0 Å². The van der Waals surface area contributed by atoms with E-state index >= 15 is 0 Å². The molecule has 0 spiro atoms. The average Bonchev–Trinajstić information content (AvgIpc) is 2.78. The van der Waals surface area contributed by atoms with Gasteiger partial charge in [-0.1, -0.05) is 41.0 Å². The molecule has 116 valence electrons. The number of anilines is 1. The van der Waals surface area contributed by atoms with Crippen LogP contribution in [0, 0.1) is 5.92 Å². The Morgan fingerprint density at radius 3 is 2.35 bits per heavy atom. The highest BCUT2D eigenvalue weighted by Crippen LogP contribution is 2.29. The first kappa shape index (κ1) is 17.4. The molecule has 0 aliphatic carbocycles. The van der Waals surface area contributed by atoms with Crippen molar-refractivity contribution in [3.63, 3.8) is 0 Å². The average molecular weight is 298 g/mol. The molecule has 0 amide bonds. The second-order valence-electron chi connectivity index (χ2n) is 6.25. The normalized spacial score (nSPS) is 13.2. The van der Waals surface area contributed by atoms with Crippen molar-refractivity contribution in [1.82, 2.24) is 10.3 Å². The van der Waals surface area contributed by atoms with Crippen molar-refractivity contribution in [3.8, 4) is 0 Å². The molecule has 0 aliphatic heterocycles. The van der Waals surface area contributed by atoms with Gasteiger partial charge in [0.05, 0.1) is 5.69 Å². The maximum Gasteiger partial charge on any atom is 0.185 e. The van der Waals surface area contributed by atoms with Gasteiger partial charge in [0.15, 0.2) is 5.13 Å². The first-order valence-electron chi connectivity index (χ1n) is 7.81. The van der Waals surface area contributed by atoms with E-state index < -0.39 is 0 Å². The maximum atomic E-state index is 4.89. The largest absolute Gasteiger partial charge is 0.348 e. The predicted octanol–water partition coefficient (Wildman–Crippen LogP) is 4.07. The molecule has 0 radical (unpaired) electrons. The Balaban J connectivity index is 2.89. The highest BCUT2D eigenvalue weighted by Gasteiger charge is 2.19. The molecular weight excluding hydrogens is 266 g/mol. The molecule has 4 heteroatoms. The summed E-state index contributed by atoms with van der Waals surface area (Å²) >= 11 is 1.85. The molecular formula is C16H31N3S. The van der Waals surface area contributed by atoms with Crippen LogP contribution in [0.25, 0.3) is 0 Å². The Morgan fingerprint density at radius 1 is 1.20 bits per heavy atom. The zero-order valence-electron chi connectivity index (χ0n) is 14.2. The minimum Gasteiger partial charge on any atom is -0.348 e. The van der Waals surface area contributed by atoms with Crippen LogP contribution in [0.4, 0.5) is 5.13 Å². The zero-order chi connectivity index (χ0) is 15.3. The van der Waals surface area contributed by atoms with Crippen LogP contribution >= 0.6 is 11.3 Å². The molecule has 0 fully saturated rings. The van der Waals surface area contributed by atoms with E-state index in [1.165, 1.54) is 10.6 Å². The summed E-state index contributed by atoms with van der Waals surface area (Å²) in [5.41, 5.74) is 1.28. The molecule has 1 aromatic heterocycles. The summed E-state index contributed by atoms with van der Waals surface area (Å²) in [6.07, 6.45) is 2.23. The van der Waals surface area contributed by atoms with E-state index in [1.54, 1.807) is 0 Å². The van der Waals surface area contributed by atoms with Crippen molar-refractivity contribution < 1.29 is 0 Å². The minimum atomic E-state index is 0.515. The van der Waals surface area contributed by atoms with Crippen molar-refractivity contribution in [1.29, 1.82) is 0 Å². The number of hydrogen-bond donors (Lipinski definition) is 1. The van der Waals surface area contributed by atoms with Gasteiger partial charge < -0.3 is 10.2 Å². The highest BCUT2D eigenvalue weighted by atomic mass is 32.1. The fourth-order valence-electron chi connectivity index (χ4n) is 2.01. The summed E-state index contributed by atoms with van der Waals surface area (Å²) < 4.78 is 0. The van der Waals surface area contributed by atoms with Crippen LogP contribution in [0.5, 0.6) is 0 Å². The molecule has 20 heavy (non-hydrogen) atoms. The van der Waals surface area contributed by atoms with E-state index in [0.717, 1.165) is 24.5 Å². The number of aromatic nitrogens is 1. The lowest BCUT2D eigenvalue weighted by Crippen LogP contribution is -2.33. The van der Waals surface area contributed by atoms with Crippen molar-refractivity contribution in [2.75, 3.05) is 11.9 Å². The summed E-state index contributed by atoms with van der Waals surface area (Å²) in [5.74, 6) is 0.635. The van der Waals surface area contributed by atoms with Crippen molar-refractivity contribution in [2.45, 2.75) is 73.0 Å². The Bertz CT molecular complexity index is 398. The van der Waals surface area contributed by atoms with Gasteiger partial charge in [-0.15, -0.1) is 11.3 Å². The lowest BCUT2D eigenvalue weighted by Gasteiger charge is -2.27. The van der Waals surface area contributed by atoms with Crippen LogP contribution < -0.4 is 10.2 Å². The summed E-state index contributed by atoms with van der Waals surface area (Å²) in [6, 6.07) is 1.03. The summed E-state index contributed by atoms with van der Waals surface area (Å²) in [4.78, 5) is 8.61. The molecule has 0 saturated heterocycles. The molecule has 1 rings (SSSR count). The van der Waals surface area contributed by atoms with Crippen molar-refractivity contribution >= 4 is 16.5 Å². The third-order valence-corrected chi connectivity index (χ3v) is 4.99. The fourth-order valence-corrected chi connectivity index (χ4v) is 3.12. The molecule has 1 unspecified atom stereocenters. The van der Waals surface area contributed by atoms with Gasteiger partial charge in [-0.05, 0) is 19.3 Å². The van der Waals surface area contributed by atoms with Crippen LogP contribution in [-0.2, 0) is 13.0 Å².